The summed E-state index contributed by atoms with van der Waals surface area (Å²) >= 11 is 0. The van der Waals surface area contributed by atoms with Gasteiger partial charge in [-0.05, 0) is 139 Å². The number of esters is 4. The highest BCUT2D eigenvalue weighted by molar-refractivity contribution is 9.10. The minimum Gasteiger partial charge on any atom is -0.462 e. The van der Waals surface area contributed by atoms with E-state index in [0.29, 0.717) is 26.2 Å². The van der Waals surface area contributed by atoms with Crippen molar-refractivity contribution in [2.45, 2.75) is 324 Å². The van der Waals surface area contributed by atoms with Gasteiger partial charge in [0.25, 0.3) is 0 Å². The quantitative estimate of drug-likeness (QED) is 0.0249. The normalized spacial score (nSPS) is 13.1. The molecule has 0 saturated carbocycles. The molecule has 0 heterocycles. The van der Waals surface area contributed by atoms with Gasteiger partial charge in [0.2, 0.25) is 0 Å². The summed E-state index contributed by atoms with van der Waals surface area (Å²) in [6, 6.07) is 0. The van der Waals surface area contributed by atoms with Gasteiger partial charge >= 0.3 is 23.9 Å². The molecule has 0 saturated heterocycles. The SMILES string of the molecule is CCCCCCCCCCSSSCC(C)OC(=O)CCN(CCCN(C)CCCN(CCC(=O)OC(C)CSSSCCCCCCCCCC)CCC(=O)OC(C)CSSSCCCCCCCCCC)CCC(=O)OC(C)CSSSCCCCCCCCCC. The Balaban J connectivity index is 5.36. The van der Waals surface area contributed by atoms with Gasteiger partial charge in [-0.1, -0.05) is 294 Å². The smallest absolute Gasteiger partial charge is 0.307 e. The molecule has 0 aliphatic heterocycles. The number of unbranched alkanes of at least 4 members (excludes halogenated alkanes) is 28. The predicted octanol–water partition coefficient (Wildman–Crippen LogP) is 24.3. The maximum Gasteiger partial charge on any atom is 0.307 e. The van der Waals surface area contributed by atoms with Crippen LogP contribution in [-0.4, -0.2) is 168 Å². The van der Waals surface area contributed by atoms with Crippen molar-refractivity contribution in [1.29, 1.82) is 0 Å². The summed E-state index contributed by atoms with van der Waals surface area (Å²) in [6.45, 7) is 22.2. The van der Waals surface area contributed by atoms with Crippen LogP contribution >= 0.6 is 126 Å². The van der Waals surface area contributed by atoms with Gasteiger partial charge in [0, 0.05) is 72.2 Å². The van der Waals surface area contributed by atoms with Crippen LogP contribution in [0.25, 0.3) is 0 Å². The summed E-state index contributed by atoms with van der Waals surface area (Å²) in [4.78, 5) is 59.7. The number of carbonyl (C=O) groups is 4. The van der Waals surface area contributed by atoms with Crippen LogP contribution in [0.5, 0.6) is 0 Å². The lowest BCUT2D eigenvalue weighted by atomic mass is 10.1. The third-order valence-electron chi connectivity index (χ3n) is 15.8. The number of hydrogen-bond donors (Lipinski definition) is 0. The molecule has 11 nitrogen and oxygen atoms in total. The Morgan fingerprint density at radius 3 is 0.681 bits per heavy atom. The van der Waals surface area contributed by atoms with E-state index in [1.165, 1.54) is 205 Å². The molecule has 4 unspecified atom stereocenters. The molecule has 0 radical (unpaired) electrons. The van der Waals surface area contributed by atoms with Crippen molar-refractivity contribution in [2.24, 2.45) is 0 Å². The molecule has 0 aromatic heterocycles. The van der Waals surface area contributed by atoms with Gasteiger partial charge in [0.05, 0.1) is 25.7 Å². The fourth-order valence-corrected chi connectivity index (χ4v) is 26.1. The standard InChI is InChI=1S/C71H139N3O8S12/c1-10-14-18-22-26-30-34-38-56-83-91-87-60-64(5)79-68(75)44-52-73(53-45-69(76)80-65(6)61-88-92-84-57-39-35-31-27-23-19-15-11-2)50-42-48-72(9)49-43-51-74(54-46-70(77)81-66(7)62-89-93-85-58-40-36-32-28-24-20-16-12-3)55-47-71(78)82-67(8)63-90-94-86-59-41-37-33-29-25-21-17-13-4/h64-67H,10-63H2,1-9H3. The van der Waals surface area contributed by atoms with Crippen LogP contribution in [0.3, 0.4) is 0 Å². The fourth-order valence-electron chi connectivity index (χ4n) is 10.1. The van der Waals surface area contributed by atoms with E-state index < -0.39 is 0 Å². The first-order valence-electron chi connectivity index (χ1n) is 37.4. The molecule has 0 aromatic rings. The molecule has 23 heteroatoms. The van der Waals surface area contributed by atoms with Crippen LogP contribution in [0, 0.1) is 0 Å². The van der Waals surface area contributed by atoms with Gasteiger partial charge in [0.1, 0.15) is 24.4 Å². The summed E-state index contributed by atoms with van der Waals surface area (Å²) < 4.78 is 23.5. The number of nitrogens with zero attached hydrogens (tertiary/aromatic N) is 3. The summed E-state index contributed by atoms with van der Waals surface area (Å²) in [6.07, 6.45) is 44.7. The number of ether oxygens (including phenoxy) is 4. The Labute approximate surface area is 625 Å². The Morgan fingerprint density at radius 1 is 0.266 bits per heavy atom. The average molecular weight is 1550 g/mol. The van der Waals surface area contributed by atoms with E-state index in [-0.39, 0.29) is 74.0 Å². The number of hydrogen-bond acceptors (Lipinski definition) is 23. The lowest BCUT2D eigenvalue weighted by Gasteiger charge is -2.25. The van der Waals surface area contributed by atoms with E-state index in [9.17, 15) is 19.2 Å². The van der Waals surface area contributed by atoms with E-state index in [4.69, 9.17) is 18.9 Å². The summed E-state index contributed by atoms with van der Waals surface area (Å²) in [7, 11) is 24.1. The Morgan fingerprint density at radius 2 is 0.468 bits per heavy atom. The molecule has 94 heavy (non-hydrogen) atoms. The molecule has 0 spiro atoms. The zero-order valence-corrected chi connectivity index (χ0v) is 70.8. The van der Waals surface area contributed by atoms with E-state index >= 15 is 0 Å². The van der Waals surface area contributed by atoms with Crippen LogP contribution in [0.15, 0.2) is 0 Å². The summed E-state index contributed by atoms with van der Waals surface area (Å²) in [5.41, 5.74) is 0. The molecule has 558 valence electrons. The lowest BCUT2D eigenvalue weighted by Crippen LogP contribution is -2.35. The zero-order chi connectivity index (χ0) is 68.8. The van der Waals surface area contributed by atoms with E-state index in [1.54, 1.807) is 43.2 Å². The van der Waals surface area contributed by atoms with Crippen molar-refractivity contribution >= 4 is 150 Å². The zero-order valence-electron chi connectivity index (χ0n) is 61.0. The van der Waals surface area contributed by atoms with Gasteiger partial charge in [-0.3, -0.25) is 19.2 Å². The second-order valence-corrected chi connectivity index (χ2v) is 43.1. The highest BCUT2D eigenvalue weighted by atomic mass is 33.5. The van der Waals surface area contributed by atoms with Gasteiger partial charge in [-0.15, -0.1) is 0 Å². The van der Waals surface area contributed by atoms with Crippen LogP contribution in [0.1, 0.15) is 299 Å². The largest absolute Gasteiger partial charge is 0.462 e. The molecule has 0 bridgehead atoms. The average Bonchev–Trinajstić information content (AvgIpc) is 3.27. The minimum atomic E-state index is -0.202. The topological polar surface area (TPSA) is 115 Å². The maximum absolute atomic E-state index is 13.2. The third-order valence-corrected chi connectivity index (χ3v) is 33.7. The Kier molecular flexibility index (Phi) is 77.7. The molecular weight excluding hydrogens is 1410 g/mol. The molecule has 4 atom stereocenters. The highest BCUT2D eigenvalue weighted by Crippen LogP contribution is 2.39. The van der Waals surface area contributed by atoms with Gasteiger partial charge < -0.3 is 33.6 Å². The highest BCUT2D eigenvalue weighted by Gasteiger charge is 2.19. The van der Waals surface area contributed by atoms with Crippen molar-refractivity contribution in [3.05, 3.63) is 0 Å². The molecule has 0 fully saturated rings. The van der Waals surface area contributed by atoms with Crippen LogP contribution in [0.2, 0.25) is 0 Å². The van der Waals surface area contributed by atoms with E-state index in [0.717, 1.165) is 85.0 Å². The van der Waals surface area contributed by atoms with Gasteiger partial charge in [0.15, 0.2) is 0 Å². The molecule has 0 amide bonds. The van der Waals surface area contributed by atoms with E-state index in [1.807, 2.05) is 110 Å². The molecule has 0 rings (SSSR count). The van der Waals surface area contributed by atoms with Crippen molar-refractivity contribution in [1.82, 2.24) is 14.7 Å². The summed E-state index contributed by atoms with van der Waals surface area (Å²) in [5, 5.41) is 0. The van der Waals surface area contributed by atoms with Crippen molar-refractivity contribution in [3.63, 3.8) is 0 Å². The van der Waals surface area contributed by atoms with Crippen molar-refractivity contribution < 1.29 is 38.1 Å². The molecule has 0 N–H and O–H groups in total. The van der Waals surface area contributed by atoms with Crippen LogP contribution in [0.4, 0.5) is 0 Å². The molecule has 0 aliphatic rings. The number of rotatable bonds is 76. The van der Waals surface area contributed by atoms with Crippen LogP contribution < -0.4 is 0 Å². The minimum absolute atomic E-state index is 0.175. The predicted molar refractivity (Wildman–Crippen MR) is 441 cm³/mol. The Hall–Kier alpha value is 1.96. The summed E-state index contributed by atoms with van der Waals surface area (Å²) in [5.74, 6) is 6.81. The molecule has 0 aromatic carbocycles. The maximum atomic E-state index is 13.2. The van der Waals surface area contributed by atoms with Crippen LogP contribution in [-0.2, 0) is 38.1 Å². The second kappa shape index (κ2) is 76.1. The first kappa shape index (κ1) is 96.0. The van der Waals surface area contributed by atoms with Gasteiger partial charge in [-0.2, -0.15) is 0 Å². The van der Waals surface area contributed by atoms with Crippen molar-refractivity contribution in [3.8, 4) is 0 Å². The monoisotopic (exact) mass is 1550 g/mol. The Bertz CT molecular complexity index is 1450. The van der Waals surface area contributed by atoms with Gasteiger partial charge in [-0.25, -0.2) is 0 Å². The third kappa shape index (κ3) is 72.3. The first-order chi connectivity index (χ1) is 45.8. The van der Waals surface area contributed by atoms with E-state index in [2.05, 4.69) is 49.4 Å². The molecule has 0 aliphatic carbocycles. The lowest BCUT2D eigenvalue weighted by molar-refractivity contribution is -0.149. The first-order valence-corrected chi connectivity index (χ1v) is 52.7. The number of carbonyl (C=O) groups excluding carboxylic acids is 4. The fraction of sp³-hybridized carbons (Fsp3) is 0.944. The van der Waals surface area contributed by atoms with Crippen molar-refractivity contribution in [2.75, 3.05) is 105 Å². The second-order valence-electron chi connectivity index (χ2n) is 25.5. The molecular formula is C71H139N3O8S12.